The van der Waals surface area contributed by atoms with E-state index in [1.165, 1.54) is 6.33 Å². The van der Waals surface area contributed by atoms with Gasteiger partial charge in [-0.15, -0.1) is 24.8 Å². The Hall–Kier alpha value is -1.83. The highest BCUT2D eigenvalue weighted by molar-refractivity contribution is 5.95. The number of hydrogen-bond donors (Lipinski definition) is 2. The fraction of sp³-hybridized carbons (Fsp3) is 0.500. The van der Waals surface area contributed by atoms with Crippen LogP contribution in [-0.2, 0) is 11.3 Å². The van der Waals surface area contributed by atoms with Crippen LogP contribution in [0.25, 0.3) is 0 Å². The molecule has 1 amide bonds. The number of carbonyl (C=O) groups is 1. The molecule has 4 rings (SSSR count). The lowest BCUT2D eigenvalue weighted by molar-refractivity contribution is -0.118. The van der Waals surface area contributed by atoms with Crippen molar-refractivity contribution in [2.24, 2.45) is 11.3 Å². The molecule has 2 N–H and O–H groups in total. The molecule has 0 radical (unpaired) electrons. The average molecular weight is 414 g/mol. The van der Waals surface area contributed by atoms with Crippen molar-refractivity contribution in [2.45, 2.75) is 25.8 Å². The van der Waals surface area contributed by atoms with E-state index in [1.54, 1.807) is 11.0 Å². The molecule has 1 spiro atoms. The predicted octanol–water partition coefficient (Wildman–Crippen LogP) is 2.53. The highest BCUT2D eigenvalue weighted by Crippen LogP contribution is 2.58. The maximum absolute atomic E-state index is 12.5. The van der Waals surface area contributed by atoms with Crippen LogP contribution in [0.1, 0.15) is 19.3 Å². The molecule has 0 bridgehead atoms. The van der Waals surface area contributed by atoms with Crippen LogP contribution in [0.5, 0.6) is 5.75 Å². The fourth-order valence-electron chi connectivity index (χ4n) is 3.69. The molecule has 1 saturated carbocycles. The fourth-order valence-corrected chi connectivity index (χ4v) is 3.69. The maximum atomic E-state index is 12.5. The Kier molecular flexibility index (Phi) is 7.47. The minimum Gasteiger partial charge on any atom is -0.492 e. The zero-order chi connectivity index (χ0) is 17.1. The predicted molar refractivity (Wildman–Crippen MR) is 108 cm³/mol. The van der Waals surface area contributed by atoms with Gasteiger partial charge in [-0.2, -0.15) is 5.10 Å². The van der Waals surface area contributed by atoms with E-state index in [9.17, 15) is 4.79 Å². The molecule has 1 aromatic heterocycles. The minimum atomic E-state index is 0. The molecule has 1 saturated heterocycles. The summed E-state index contributed by atoms with van der Waals surface area (Å²) in [5.41, 5.74) is 1.04. The van der Waals surface area contributed by atoms with E-state index >= 15 is 0 Å². The Labute approximate surface area is 171 Å². The number of halogens is 2. The summed E-state index contributed by atoms with van der Waals surface area (Å²) in [5.74, 6) is 1.04. The van der Waals surface area contributed by atoms with Crippen molar-refractivity contribution in [3.8, 4) is 5.75 Å². The third-order valence-corrected chi connectivity index (χ3v) is 5.26. The highest BCUT2D eigenvalue weighted by atomic mass is 35.5. The van der Waals surface area contributed by atoms with Gasteiger partial charge in [0.1, 0.15) is 25.0 Å². The van der Waals surface area contributed by atoms with Crippen LogP contribution < -0.4 is 15.4 Å². The molecule has 1 aliphatic carbocycles. The zero-order valence-electron chi connectivity index (χ0n) is 15.0. The average Bonchev–Trinajstić information content (AvgIpc) is 3.06. The van der Waals surface area contributed by atoms with Gasteiger partial charge in [0.25, 0.3) is 0 Å². The minimum absolute atomic E-state index is 0. The first kappa shape index (κ1) is 21.5. The van der Waals surface area contributed by atoms with Crippen molar-refractivity contribution < 1.29 is 9.53 Å². The molecule has 2 aliphatic rings. The van der Waals surface area contributed by atoms with Crippen LogP contribution in [0.2, 0.25) is 0 Å². The van der Waals surface area contributed by atoms with Gasteiger partial charge in [0.05, 0.1) is 6.54 Å². The van der Waals surface area contributed by atoms with Gasteiger partial charge in [-0.1, -0.05) is 6.07 Å². The van der Waals surface area contributed by atoms with Crippen molar-refractivity contribution in [1.29, 1.82) is 0 Å². The molecule has 7 nitrogen and oxygen atoms in total. The molecule has 9 heteroatoms. The summed E-state index contributed by atoms with van der Waals surface area (Å²) in [6.45, 7) is 3.19. The van der Waals surface area contributed by atoms with Gasteiger partial charge in [-0.05, 0) is 49.9 Å². The second-order valence-electron chi connectivity index (χ2n) is 6.89. The van der Waals surface area contributed by atoms with Gasteiger partial charge in [-0.3, -0.25) is 4.79 Å². The van der Waals surface area contributed by atoms with Crippen LogP contribution in [-0.4, -0.2) is 40.4 Å². The largest absolute Gasteiger partial charge is 0.492 e. The van der Waals surface area contributed by atoms with Crippen LogP contribution >= 0.6 is 24.8 Å². The van der Waals surface area contributed by atoms with Gasteiger partial charge in [0.2, 0.25) is 5.91 Å². The molecule has 2 heterocycles. The molecule has 1 aromatic carbocycles. The molecule has 1 atom stereocenters. The SMILES string of the molecule is Cl.Cl.O=C(Nc1cccc(OCCn2cncn2)c1)C1CC12CCNCC2. The summed E-state index contributed by atoms with van der Waals surface area (Å²) >= 11 is 0. The summed E-state index contributed by atoms with van der Waals surface area (Å²) in [6.07, 6.45) is 6.40. The topological polar surface area (TPSA) is 81.1 Å². The molecule has 2 fully saturated rings. The van der Waals surface area contributed by atoms with Gasteiger partial charge in [0, 0.05) is 17.7 Å². The Balaban J connectivity index is 0.00000131. The summed E-state index contributed by atoms with van der Waals surface area (Å²) in [7, 11) is 0. The van der Waals surface area contributed by atoms with E-state index < -0.39 is 0 Å². The Morgan fingerprint density at radius 1 is 1.33 bits per heavy atom. The van der Waals surface area contributed by atoms with Gasteiger partial charge in [0.15, 0.2) is 0 Å². The second-order valence-corrected chi connectivity index (χ2v) is 6.89. The summed E-state index contributed by atoms with van der Waals surface area (Å²) in [6, 6.07) is 7.56. The van der Waals surface area contributed by atoms with Crippen LogP contribution in [0, 0.1) is 11.3 Å². The Morgan fingerprint density at radius 3 is 2.89 bits per heavy atom. The van der Waals surface area contributed by atoms with E-state index in [4.69, 9.17) is 4.74 Å². The molecule has 1 aliphatic heterocycles. The number of anilines is 1. The van der Waals surface area contributed by atoms with Crippen LogP contribution in [0.4, 0.5) is 5.69 Å². The lowest BCUT2D eigenvalue weighted by atomic mass is 9.92. The van der Waals surface area contributed by atoms with Gasteiger partial charge >= 0.3 is 0 Å². The number of carbonyl (C=O) groups excluding carboxylic acids is 1. The first-order chi connectivity index (χ1) is 12.3. The Morgan fingerprint density at radius 2 is 2.15 bits per heavy atom. The van der Waals surface area contributed by atoms with Crippen molar-refractivity contribution >= 4 is 36.4 Å². The number of amides is 1. The normalized spacial score (nSPS) is 19.5. The third kappa shape index (κ3) is 5.12. The lowest BCUT2D eigenvalue weighted by Crippen LogP contribution is -2.31. The summed E-state index contributed by atoms with van der Waals surface area (Å²) in [4.78, 5) is 16.4. The summed E-state index contributed by atoms with van der Waals surface area (Å²) in [5, 5.41) is 10.5. The van der Waals surface area contributed by atoms with Crippen molar-refractivity contribution in [3.05, 3.63) is 36.9 Å². The van der Waals surface area contributed by atoms with E-state index in [1.807, 2.05) is 24.3 Å². The quantitative estimate of drug-likeness (QED) is 0.760. The number of nitrogens with zero attached hydrogens (tertiary/aromatic N) is 3. The van der Waals surface area contributed by atoms with E-state index in [0.717, 1.165) is 43.8 Å². The maximum Gasteiger partial charge on any atom is 0.228 e. The number of piperidine rings is 1. The van der Waals surface area contributed by atoms with E-state index in [0.29, 0.717) is 13.2 Å². The summed E-state index contributed by atoms with van der Waals surface area (Å²) < 4.78 is 7.46. The second kappa shape index (κ2) is 9.39. The van der Waals surface area contributed by atoms with Gasteiger partial charge in [-0.25, -0.2) is 9.67 Å². The molecule has 1 unspecified atom stereocenters. The number of hydrogen-bond acceptors (Lipinski definition) is 5. The number of rotatable bonds is 6. The van der Waals surface area contributed by atoms with Crippen molar-refractivity contribution in [2.75, 3.05) is 25.0 Å². The molecule has 2 aromatic rings. The monoisotopic (exact) mass is 413 g/mol. The molecular formula is C18H25Cl2N5O2. The lowest BCUT2D eigenvalue weighted by Gasteiger charge is -2.23. The molecule has 27 heavy (non-hydrogen) atoms. The van der Waals surface area contributed by atoms with Crippen LogP contribution in [0.3, 0.4) is 0 Å². The Bertz CT molecular complexity index is 735. The van der Waals surface area contributed by atoms with Gasteiger partial charge < -0.3 is 15.4 Å². The number of aromatic nitrogens is 3. The number of benzene rings is 1. The first-order valence-corrected chi connectivity index (χ1v) is 8.82. The van der Waals surface area contributed by atoms with Crippen LogP contribution in [0.15, 0.2) is 36.9 Å². The first-order valence-electron chi connectivity index (χ1n) is 8.82. The molecule has 148 valence electrons. The van der Waals surface area contributed by atoms with E-state index in [2.05, 4.69) is 20.7 Å². The number of ether oxygens (including phenoxy) is 1. The highest BCUT2D eigenvalue weighted by Gasteiger charge is 2.57. The standard InChI is InChI=1S/C18H23N5O2.2ClH/c24-17(16-11-18(16)4-6-19-7-5-18)22-14-2-1-3-15(10-14)25-9-8-23-13-20-12-21-23;;/h1-3,10,12-13,16,19H,4-9,11H2,(H,22,24);2*1H. The number of nitrogens with one attached hydrogen (secondary N) is 2. The third-order valence-electron chi connectivity index (χ3n) is 5.26. The zero-order valence-corrected chi connectivity index (χ0v) is 16.6. The smallest absolute Gasteiger partial charge is 0.228 e. The van der Waals surface area contributed by atoms with Crippen molar-refractivity contribution in [3.63, 3.8) is 0 Å². The molecular weight excluding hydrogens is 389 g/mol. The van der Waals surface area contributed by atoms with E-state index in [-0.39, 0.29) is 42.1 Å². The van der Waals surface area contributed by atoms with Crippen molar-refractivity contribution in [1.82, 2.24) is 20.1 Å².